The van der Waals surface area contributed by atoms with Gasteiger partial charge in [0.2, 0.25) is 0 Å². The summed E-state index contributed by atoms with van der Waals surface area (Å²) in [6, 6.07) is 1.80. The summed E-state index contributed by atoms with van der Waals surface area (Å²) in [6.07, 6.45) is 3.09. The van der Waals surface area contributed by atoms with E-state index in [4.69, 9.17) is 5.73 Å². The second kappa shape index (κ2) is 2.77. The van der Waals surface area contributed by atoms with Crippen LogP contribution in [0.2, 0.25) is 0 Å². The van der Waals surface area contributed by atoms with Crippen LogP contribution >= 0.6 is 0 Å². The number of nitrogens with one attached hydrogen (secondary N) is 2. The average molecular weight is 201 g/mol. The SMILES string of the molecule is Nc1nc2c(-c3ncn[nH]3)nccc2[nH]1. The Bertz CT molecular complexity index is 595. The highest BCUT2D eigenvalue weighted by Gasteiger charge is 2.10. The molecule has 0 fully saturated rings. The number of pyridine rings is 1. The van der Waals surface area contributed by atoms with E-state index in [1.54, 1.807) is 12.3 Å². The minimum absolute atomic E-state index is 0.360. The third-order valence-corrected chi connectivity index (χ3v) is 2.06. The molecular formula is C8H7N7. The Morgan fingerprint density at radius 3 is 3.00 bits per heavy atom. The van der Waals surface area contributed by atoms with E-state index in [0.717, 1.165) is 5.52 Å². The van der Waals surface area contributed by atoms with Crippen molar-refractivity contribution < 1.29 is 0 Å². The van der Waals surface area contributed by atoms with E-state index in [9.17, 15) is 0 Å². The highest BCUT2D eigenvalue weighted by atomic mass is 15.2. The van der Waals surface area contributed by atoms with Gasteiger partial charge in [0.15, 0.2) is 11.8 Å². The van der Waals surface area contributed by atoms with Crippen LogP contribution in [0.1, 0.15) is 0 Å². The molecule has 0 atom stereocenters. The molecule has 0 aliphatic heterocycles. The van der Waals surface area contributed by atoms with Crippen LogP contribution in [0.15, 0.2) is 18.6 Å². The molecule has 0 saturated heterocycles. The molecule has 4 N–H and O–H groups in total. The van der Waals surface area contributed by atoms with Crippen LogP contribution in [0.4, 0.5) is 5.95 Å². The van der Waals surface area contributed by atoms with Crippen LogP contribution in [0.5, 0.6) is 0 Å². The van der Waals surface area contributed by atoms with E-state index in [1.165, 1.54) is 6.33 Å². The van der Waals surface area contributed by atoms with Gasteiger partial charge in [-0.05, 0) is 6.07 Å². The van der Waals surface area contributed by atoms with Crippen LogP contribution in [0.25, 0.3) is 22.6 Å². The minimum atomic E-state index is 0.360. The van der Waals surface area contributed by atoms with Crippen molar-refractivity contribution in [2.45, 2.75) is 0 Å². The van der Waals surface area contributed by atoms with Gasteiger partial charge < -0.3 is 10.7 Å². The molecule has 7 nitrogen and oxygen atoms in total. The molecule has 7 heteroatoms. The Hall–Kier alpha value is -2.44. The number of fused-ring (bicyclic) bond motifs is 1. The van der Waals surface area contributed by atoms with E-state index < -0.39 is 0 Å². The van der Waals surface area contributed by atoms with Gasteiger partial charge in [-0.2, -0.15) is 5.10 Å². The molecule has 0 radical (unpaired) electrons. The zero-order valence-corrected chi connectivity index (χ0v) is 7.60. The predicted molar refractivity (Wildman–Crippen MR) is 53.7 cm³/mol. The van der Waals surface area contributed by atoms with E-state index in [1.807, 2.05) is 0 Å². The van der Waals surface area contributed by atoms with Crippen molar-refractivity contribution in [2.75, 3.05) is 5.73 Å². The minimum Gasteiger partial charge on any atom is -0.369 e. The summed E-state index contributed by atoms with van der Waals surface area (Å²) in [5.41, 5.74) is 7.72. The lowest BCUT2D eigenvalue weighted by Gasteiger charge is -1.94. The zero-order chi connectivity index (χ0) is 10.3. The number of nitrogens with zero attached hydrogens (tertiary/aromatic N) is 4. The Kier molecular flexibility index (Phi) is 1.46. The molecule has 0 aliphatic carbocycles. The topological polar surface area (TPSA) is 109 Å². The molecule has 15 heavy (non-hydrogen) atoms. The van der Waals surface area contributed by atoms with Gasteiger partial charge in [0.05, 0.1) is 5.52 Å². The maximum atomic E-state index is 5.57. The first kappa shape index (κ1) is 7.92. The van der Waals surface area contributed by atoms with E-state index >= 15 is 0 Å². The smallest absolute Gasteiger partial charge is 0.198 e. The average Bonchev–Trinajstić information content (AvgIpc) is 2.82. The number of rotatable bonds is 1. The standard InChI is InChI=1S/C8H7N7/c9-8-13-4-1-2-10-6(5(4)14-8)7-11-3-12-15-7/h1-3H,(H3,9,13,14)(H,11,12,15). The summed E-state index contributed by atoms with van der Waals surface area (Å²) in [5, 5.41) is 6.50. The zero-order valence-electron chi connectivity index (χ0n) is 7.60. The number of H-pyrrole nitrogens is 2. The quantitative estimate of drug-likeness (QED) is 0.525. The van der Waals surface area contributed by atoms with Crippen molar-refractivity contribution in [2.24, 2.45) is 0 Å². The lowest BCUT2D eigenvalue weighted by atomic mass is 10.3. The Balaban J connectivity index is 2.35. The third kappa shape index (κ3) is 1.13. The Labute approximate surface area is 83.8 Å². The third-order valence-electron chi connectivity index (χ3n) is 2.06. The summed E-state index contributed by atoms with van der Waals surface area (Å²) in [7, 11) is 0. The molecule has 0 unspecified atom stereocenters. The van der Waals surface area contributed by atoms with Gasteiger partial charge >= 0.3 is 0 Å². The number of anilines is 1. The molecule has 3 aromatic heterocycles. The van der Waals surface area contributed by atoms with Crippen molar-refractivity contribution in [3.05, 3.63) is 18.6 Å². The van der Waals surface area contributed by atoms with Gasteiger partial charge in [0, 0.05) is 6.20 Å². The number of aromatic amines is 2. The summed E-state index contributed by atoms with van der Waals surface area (Å²) < 4.78 is 0. The predicted octanol–water partition coefficient (Wildman–Crippen LogP) is 0.325. The highest BCUT2D eigenvalue weighted by Crippen LogP contribution is 2.21. The highest BCUT2D eigenvalue weighted by molar-refractivity contribution is 5.88. The molecule has 74 valence electrons. The molecule has 0 bridgehead atoms. The van der Waals surface area contributed by atoms with Crippen molar-refractivity contribution in [1.82, 2.24) is 30.1 Å². The number of hydrogen-bond donors (Lipinski definition) is 3. The van der Waals surface area contributed by atoms with Gasteiger partial charge in [-0.25, -0.2) is 9.97 Å². The van der Waals surface area contributed by atoms with Crippen molar-refractivity contribution in [3.63, 3.8) is 0 Å². The number of nitrogen functional groups attached to an aromatic ring is 1. The largest absolute Gasteiger partial charge is 0.369 e. The molecule has 0 amide bonds. The van der Waals surface area contributed by atoms with Gasteiger partial charge in [-0.3, -0.25) is 10.1 Å². The molecule has 0 spiro atoms. The molecule has 3 heterocycles. The second-order valence-corrected chi connectivity index (χ2v) is 3.01. The monoisotopic (exact) mass is 201 g/mol. The first-order chi connectivity index (χ1) is 7.34. The van der Waals surface area contributed by atoms with Crippen LogP contribution in [-0.4, -0.2) is 30.1 Å². The summed E-state index contributed by atoms with van der Waals surface area (Å²) in [5.74, 6) is 0.936. The van der Waals surface area contributed by atoms with Crippen LogP contribution in [0.3, 0.4) is 0 Å². The molecule has 0 aromatic carbocycles. The van der Waals surface area contributed by atoms with Crippen molar-refractivity contribution in [1.29, 1.82) is 0 Å². The number of imidazole rings is 1. The normalized spacial score (nSPS) is 10.9. The molecule has 3 aromatic rings. The Morgan fingerprint density at radius 2 is 2.20 bits per heavy atom. The molecular weight excluding hydrogens is 194 g/mol. The van der Waals surface area contributed by atoms with Gasteiger partial charge in [-0.1, -0.05) is 0 Å². The van der Waals surface area contributed by atoms with E-state index in [2.05, 4.69) is 30.1 Å². The molecule has 0 aliphatic rings. The summed E-state index contributed by atoms with van der Waals surface area (Å²) in [4.78, 5) is 15.3. The maximum absolute atomic E-state index is 5.57. The Morgan fingerprint density at radius 1 is 1.27 bits per heavy atom. The fraction of sp³-hybridized carbons (Fsp3) is 0. The lowest BCUT2D eigenvalue weighted by molar-refractivity contribution is 1.09. The van der Waals surface area contributed by atoms with Crippen molar-refractivity contribution >= 4 is 17.0 Å². The summed E-state index contributed by atoms with van der Waals surface area (Å²) >= 11 is 0. The number of aromatic nitrogens is 6. The fourth-order valence-electron chi connectivity index (χ4n) is 1.45. The molecule has 3 rings (SSSR count). The number of hydrogen-bond acceptors (Lipinski definition) is 5. The summed E-state index contributed by atoms with van der Waals surface area (Å²) in [6.45, 7) is 0. The van der Waals surface area contributed by atoms with Gasteiger partial charge in [0.1, 0.15) is 17.5 Å². The van der Waals surface area contributed by atoms with E-state index in [-0.39, 0.29) is 0 Å². The van der Waals surface area contributed by atoms with Gasteiger partial charge in [-0.15, -0.1) is 0 Å². The fourth-order valence-corrected chi connectivity index (χ4v) is 1.45. The lowest BCUT2D eigenvalue weighted by Crippen LogP contribution is -1.88. The maximum Gasteiger partial charge on any atom is 0.198 e. The first-order valence-corrected chi connectivity index (χ1v) is 4.30. The van der Waals surface area contributed by atoms with Crippen LogP contribution < -0.4 is 5.73 Å². The molecule has 0 saturated carbocycles. The van der Waals surface area contributed by atoms with Crippen LogP contribution in [-0.2, 0) is 0 Å². The van der Waals surface area contributed by atoms with Crippen LogP contribution in [0, 0.1) is 0 Å². The van der Waals surface area contributed by atoms with Gasteiger partial charge in [0.25, 0.3) is 0 Å². The first-order valence-electron chi connectivity index (χ1n) is 4.30. The second-order valence-electron chi connectivity index (χ2n) is 3.01. The van der Waals surface area contributed by atoms with E-state index in [0.29, 0.717) is 23.0 Å². The van der Waals surface area contributed by atoms with Crippen molar-refractivity contribution in [3.8, 4) is 11.5 Å². The number of nitrogens with two attached hydrogens (primary N) is 1.